The van der Waals surface area contributed by atoms with Crippen molar-refractivity contribution in [3.8, 4) is 0 Å². The van der Waals surface area contributed by atoms with E-state index in [4.69, 9.17) is 21.8 Å². The number of carbonyl (C=O) groups excluding carboxylic acids is 1. The Bertz CT molecular complexity index is 400. The normalized spacial score (nSPS) is 14.2. The van der Waals surface area contributed by atoms with Crippen LogP contribution in [-0.4, -0.2) is 34.2 Å². The first-order chi connectivity index (χ1) is 7.43. The van der Waals surface area contributed by atoms with Crippen LogP contribution in [0.4, 0.5) is 0 Å². The van der Waals surface area contributed by atoms with Crippen LogP contribution in [0.25, 0.3) is 0 Å². The van der Waals surface area contributed by atoms with Crippen molar-refractivity contribution in [2.75, 3.05) is 0 Å². The van der Waals surface area contributed by atoms with Gasteiger partial charge in [0.15, 0.2) is 6.04 Å². The molecule has 0 aliphatic rings. The molecule has 1 amide bonds. The molecule has 88 valence electrons. The maximum atomic E-state index is 11.5. The third kappa shape index (κ3) is 2.74. The summed E-state index contributed by atoms with van der Waals surface area (Å²) in [5.74, 6) is -2.05. The lowest BCUT2D eigenvalue weighted by atomic mass is 10.1. The van der Waals surface area contributed by atoms with Crippen LogP contribution in [0.3, 0.4) is 0 Å². The quantitative estimate of drug-likeness (QED) is 0.719. The number of furan rings is 1. The van der Waals surface area contributed by atoms with Crippen LogP contribution < -0.4 is 5.32 Å². The fourth-order valence-corrected chi connectivity index (χ4v) is 1.26. The fourth-order valence-electron chi connectivity index (χ4n) is 1.06. The van der Waals surface area contributed by atoms with Gasteiger partial charge in [-0.3, -0.25) is 4.79 Å². The minimum Gasteiger partial charge on any atom is -0.480 e. The number of hydrogen-bond donors (Lipinski definition) is 3. The lowest BCUT2D eigenvalue weighted by molar-refractivity contribution is -0.141. The molecule has 0 aliphatic heterocycles. The monoisotopic (exact) mass is 247 g/mol. The summed E-state index contributed by atoms with van der Waals surface area (Å²) in [6.45, 7) is 1.26. The van der Waals surface area contributed by atoms with Crippen LogP contribution in [0.1, 0.15) is 17.3 Å². The number of nitrogens with one attached hydrogen (secondary N) is 1. The second-order valence-corrected chi connectivity index (χ2v) is 3.48. The zero-order valence-electron chi connectivity index (χ0n) is 8.31. The largest absolute Gasteiger partial charge is 0.480 e. The van der Waals surface area contributed by atoms with Gasteiger partial charge in [-0.2, -0.15) is 0 Å². The number of carboxylic acid groups (broad SMARTS) is 1. The van der Waals surface area contributed by atoms with Gasteiger partial charge in [0.05, 0.1) is 17.9 Å². The summed E-state index contributed by atoms with van der Waals surface area (Å²) in [5.41, 5.74) is 0.0218. The van der Waals surface area contributed by atoms with E-state index in [1.54, 1.807) is 0 Å². The Labute approximate surface area is 95.8 Å². The van der Waals surface area contributed by atoms with E-state index in [9.17, 15) is 9.59 Å². The molecule has 0 saturated carbocycles. The maximum Gasteiger partial charge on any atom is 0.328 e. The topological polar surface area (TPSA) is 99.8 Å². The first-order valence-electron chi connectivity index (χ1n) is 4.38. The van der Waals surface area contributed by atoms with Crippen molar-refractivity contribution in [3.05, 3.63) is 23.1 Å². The van der Waals surface area contributed by atoms with Gasteiger partial charge in [0.1, 0.15) is 0 Å². The number of carboxylic acids is 1. The van der Waals surface area contributed by atoms with E-state index in [-0.39, 0.29) is 10.8 Å². The van der Waals surface area contributed by atoms with Crippen molar-refractivity contribution >= 4 is 23.5 Å². The van der Waals surface area contributed by atoms with E-state index in [1.165, 1.54) is 19.3 Å². The lowest BCUT2D eigenvalue weighted by Gasteiger charge is -2.16. The van der Waals surface area contributed by atoms with Gasteiger partial charge in [-0.05, 0) is 24.6 Å². The van der Waals surface area contributed by atoms with Gasteiger partial charge in [-0.15, -0.1) is 0 Å². The average molecular weight is 248 g/mol. The van der Waals surface area contributed by atoms with Crippen LogP contribution in [0.2, 0.25) is 5.22 Å². The number of amides is 1. The van der Waals surface area contributed by atoms with Gasteiger partial charge >= 0.3 is 5.97 Å². The van der Waals surface area contributed by atoms with Gasteiger partial charge in [0.25, 0.3) is 5.91 Å². The summed E-state index contributed by atoms with van der Waals surface area (Å²) in [6, 6.07) is -0.0861. The summed E-state index contributed by atoms with van der Waals surface area (Å²) in [4.78, 5) is 22.2. The molecule has 1 aromatic rings. The molecule has 0 unspecified atom stereocenters. The van der Waals surface area contributed by atoms with E-state index >= 15 is 0 Å². The number of hydrogen-bond acceptors (Lipinski definition) is 4. The van der Waals surface area contributed by atoms with Crippen LogP contribution in [0.5, 0.6) is 0 Å². The Morgan fingerprint density at radius 1 is 1.56 bits per heavy atom. The third-order valence-corrected chi connectivity index (χ3v) is 2.19. The minimum atomic E-state index is -1.39. The van der Waals surface area contributed by atoms with Gasteiger partial charge in [0.2, 0.25) is 5.22 Å². The zero-order valence-corrected chi connectivity index (χ0v) is 9.06. The van der Waals surface area contributed by atoms with Crippen LogP contribution in [0.15, 0.2) is 16.7 Å². The highest BCUT2D eigenvalue weighted by atomic mass is 35.5. The first kappa shape index (κ1) is 12.5. The van der Waals surface area contributed by atoms with Crippen molar-refractivity contribution in [1.29, 1.82) is 0 Å². The molecule has 16 heavy (non-hydrogen) atoms. The Morgan fingerprint density at radius 2 is 2.19 bits per heavy atom. The molecule has 0 radical (unpaired) electrons. The number of rotatable bonds is 4. The standard InChI is InChI=1S/C9H10ClNO5/c1-4(12)6(9(14)15)11-8(13)5-2-3-16-7(5)10/h2-4,6,12H,1H3,(H,11,13)(H,14,15)/t4-,6+/m1/s1. The Kier molecular flexibility index (Phi) is 3.92. The van der Waals surface area contributed by atoms with Crippen LogP contribution in [-0.2, 0) is 4.79 Å². The smallest absolute Gasteiger partial charge is 0.328 e. The molecule has 1 heterocycles. The predicted molar refractivity (Wildman–Crippen MR) is 54.3 cm³/mol. The van der Waals surface area contributed by atoms with Gasteiger partial charge in [-0.1, -0.05) is 0 Å². The van der Waals surface area contributed by atoms with E-state index in [0.29, 0.717) is 0 Å². The fraction of sp³-hybridized carbons (Fsp3) is 0.333. The molecule has 0 spiro atoms. The van der Waals surface area contributed by atoms with Crippen molar-refractivity contribution in [2.24, 2.45) is 0 Å². The van der Waals surface area contributed by atoms with Gasteiger partial charge in [0, 0.05) is 0 Å². The van der Waals surface area contributed by atoms with E-state index in [2.05, 4.69) is 9.73 Å². The molecule has 0 aromatic carbocycles. The number of aliphatic carboxylic acids is 1. The van der Waals surface area contributed by atoms with Gasteiger partial charge in [-0.25, -0.2) is 4.79 Å². The molecule has 0 saturated heterocycles. The molecule has 7 heteroatoms. The highest BCUT2D eigenvalue weighted by molar-refractivity contribution is 6.32. The second-order valence-electron chi connectivity index (χ2n) is 3.14. The average Bonchev–Trinajstić information content (AvgIpc) is 2.59. The third-order valence-electron chi connectivity index (χ3n) is 1.90. The lowest BCUT2D eigenvalue weighted by Crippen LogP contribution is -2.47. The minimum absolute atomic E-state index is 0.0218. The second kappa shape index (κ2) is 5.00. The molecule has 3 N–H and O–H groups in total. The summed E-state index contributed by atoms with van der Waals surface area (Å²) in [7, 11) is 0. The maximum absolute atomic E-state index is 11.5. The molecule has 6 nitrogen and oxygen atoms in total. The molecule has 1 rings (SSSR count). The highest BCUT2D eigenvalue weighted by Gasteiger charge is 2.26. The summed E-state index contributed by atoms with van der Waals surface area (Å²) >= 11 is 5.54. The summed E-state index contributed by atoms with van der Waals surface area (Å²) in [6.07, 6.45) is -0.0119. The SMILES string of the molecule is C[C@@H](O)[C@H](NC(=O)c1ccoc1Cl)C(=O)O. The Morgan fingerprint density at radius 3 is 2.56 bits per heavy atom. The predicted octanol–water partition coefficient (Wildman–Crippen LogP) is 0.497. The zero-order chi connectivity index (χ0) is 12.3. The molecule has 1 aromatic heterocycles. The number of carbonyl (C=O) groups is 2. The van der Waals surface area contributed by atoms with Crippen LogP contribution in [0, 0.1) is 0 Å². The molecular formula is C9H10ClNO5. The van der Waals surface area contributed by atoms with E-state index in [1.807, 2.05) is 0 Å². The number of halogens is 1. The molecule has 2 atom stereocenters. The first-order valence-corrected chi connectivity index (χ1v) is 4.76. The number of aliphatic hydroxyl groups excluding tert-OH is 1. The summed E-state index contributed by atoms with van der Waals surface area (Å²) in [5, 5.41) is 19.9. The van der Waals surface area contributed by atoms with Crippen molar-refractivity contribution < 1.29 is 24.2 Å². The Balaban J connectivity index is 2.77. The van der Waals surface area contributed by atoms with Crippen molar-refractivity contribution in [1.82, 2.24) is 5.32 Å². The highest BCUT2D eigenvalue weighted by Crippen LogP contribution is 2.16. The van der Waals surface area contributed by atoms with Crippen molar-refractivity contribution in [2.45, 2.75) is 19.1 Å². The number of aliphatic hydroxyl groups is 1. The van der Waals surface area contributed by atoms with Crippen molar-refractivity contribution in [3.63, 3.8) is 0 Å². The molecular weight excluding hydrogens is 238 g/mol. The summed E-state index contributed by atoms with van der Waals surface area (Å²) < 4.78 is 4.68. The molecule has 0 fully saturated rings. The molecule has 0 bridgehead atoms. The van der Waals surface area contributed by atoms with E-state index in [0.717, 1.165) is 0 Å². The van der Waals surface area contributed by atoms with Gasteiger partial charge < -0.3 is 19.9 Å². The van der Waals surface area contributed by atoms with E-state index < -0.39 is 24.0 Å². The Hall–Kier alpha value is -1.53. The molecule has 0 aliphatic carbocycles. The van der Waals surface area contributed by atoms with Crippen LogP contribution >= 0.6 is 11.6 Å².